The third-order valence-electron chi connectivity index (χ3n) is 5.49. The van der Waals surface area contributed by atoms with Crippen molar-refractivity contribution < 1.29 is 22.7 Å². The fraction of sp³-hybridized carbons (Fsp3) is 0.600. The summed E-state index contributed by atoms with van der Waals surface area (Å²) in [6, 6.07) is 5.85. The lowest BCUT2D eigenvalue weighted by Gasteiger charge is -2.30. The smallest absolute Gasteiger partial charge is 0.338 e. The van der Waals surface area contributed by atoms with Crippen LogP contribution in [0.15, 0.2) is 29.2 Å². The van der Waals surface area contributed by atoms with Gasteiger partial charge in [0.1, 0.15) is 0 Å². The number of hydrogen-bond donors (Lipinski definition) is 0. The number of rotatable bonds is 5. The minimum Gasteiger partial charge on any atom is -0.452 e. The molecule has 2 saturated heterocycles. The summed E-state index contributed by atoms with van der Waals surface area (Å²) in [7, 11) is -3.62. The van der Waals surface area contributed by atoms with Gasteiger partial charge in [-0.2, -0.15) is 4.31 Å². The van der Waals surface area contributed by atoms with Crippen molar-refractivity contribution in [2.24, 2.45) is 5.92 Å². The molecular weight excluding hydrogens is 380 g/mol. The van der Waals surface area contributed by atoms with Crippen LogP contribution in [0.4, 0.5) is 0 Å². The van der Waals surface area contributed by atoms with Crippen LogP contribution in [-0.4, -0.2) is 62.3 Å². The molecule has 0 atom stereocenters. The molecule has 2 aliphatic rings. The van der Waals surface area contributed by atoms with Gasteiger partial charge in [0.15, 0.2) is 6.61 Å². The maximum atomic E-state index is 12.8. The fourth-order valence-electron chi connectivity index (χ4n) is 3.60. The summed E-state index contributed by atoms with van der Waals surface area (Å²) >= 11 is 0. The predicted molar refractivity (Wildman–Crippen MR) is 104 cm³/mol. The Morgan fingerprint density at radius 3 is 2.43 bits per heavy atom. The van der Waals surface area contributed by atoms with Gasteiger partial charge in [-0.25, -0.2) is 13.2 Å². The number of likely N-dealkylation sites (tertiary alicyclic amines) is 1. The first-order chi connectivity index (χ1) is 13.4. The van der Waals surface area contributed by atoms with Crippen LogP contribution in [0.3, 0.4) is 0 Å². The number of esters is 1. The van der Waals surface area contributed by atoms with E-state index >= 15 is 0 Å². The van der Waals surface area contributed by atoms with Crippen molar-refractivity contribution in [3.05, 3.63) is 29.8 Å². The van der Waals surface area contributed by atoms with Crippen molar-refractivity contribution >= 4 is 21.9 Å². The van der Waals surface area contributed by atoms with Gasteiger partial charge in [0, 0.05) is 26.2 Å². The van der Waals surface area contributed by atoms with Crippen LogP contribution in [0.2, 0.25) is 0 Å². The topological polar surface area (TPSA) is 84.0 Å². The number of hydrogen-bond acceptors (Lipinski definition) is 5. The Bertz CT molecular complexity index is 810. The Morgan fingerprint density at radius 1 is 1.07 bits per heavy atom. The Balaban J connectivity index is 1.61. The highest BCUT2D eigenvalue weighted by Crippen LogP contribution is 2.22. The maximum Gasteiger partial charge on any atom is 0.338 e. The van der Waals surface area contributed by atoms with Gasteiger partial charge in [0.2, 0.25) is 10.0 Å². The molecule has 0 unspecified atom stereocenters. The van der Waals surface area contributed by atoms with Crippen molar-refractivity contribution in [2.75, 3.05) is 32.8 Å². The Morgan fingerprint density at radius 2 is 1.75 bits per heavy atom. The summed E-state index contributed by atoms with van der Waals surface area (Å²) in [4.78, 5) is 26.4. The molecule has 0 saturated carbocycles. The third-order valence-corrected chi connectivity index (χ3v) is 7.38. The van der Waals surface area contributed by atoms with Crippen molar-refractivity contribution in [3.63, 3.8) is 0 Å². The second kappa shape index (κ2) is 9.05. The molecule has 0 spiro atoms. The molecule has 3 rings (SSSR count). The van der Waals surface area contributed by atoms with Crippen LogP contribution >= 0.6 is 0 Å². The van der Waals surface area contributed by atoms with Gasteiger partial charge in [0.25, 0.3) is 5.91 Å². The molecule has 0 aliphatic carbocycles. The molecule has 8 heteroatoms. The number of carbonyl (C=O) groups excluding carboxylic acids is 2. The summed E-state index contributed by atoms with van der Waals surface area (Å²) in [6.45, 7) is 4.20. The SMILES string of the molecule is CC1CCN(C(=O)COC(=O)c2cccc(S(=O)(=O)N3CCCCC3)c2)CC1. The van der Waals surface area contributed by atoms with Gasteiger partial charge < -0.3 is 9.64 Å². The molecule has 2 aliphatic heterocycles. The molecule has 2 heterocycles. The van der Waals surface area contributed by atoms with Crippen molar-refractivity contribution in [1.82, 2.24) is 9.21 Å². The first kappa shape index (κ1) is 20.8. The first-order valence-electron chi connectivity index (χ1n) is 9.93. The van der Waals surface area contributed by atoms with E-state index in [0.717, 1.165) is 32.1 Å². The quantitative estimate of drug-likeness (QED) is 0.698. The zero-order chi connectivity index (χ0) is 20.1. The van der Waals surface area contributed by atoms with E-state index in [1.54, 1.807) is 4.90 Å². The highest BCUT2D eigenvalue weighted by atomic mass is 32.2. The lowest BCUT2D eigenvalue weighted by Crippen LogP contribution is -2.40. The van der Waals surface area contributed by atoms with Crippen LogP contribution in [0, 0.1) is 5.92 Å². The Labute approximate surface area is 166 Å². The van der Waals surface area contributed by atoms with E-state index in [-0.39, 0.29) is 23.0 Å². The highest BCUT2D eigenvalue weighted by molar-refractivity contribution is 7.89. The van der Waals surface area contributed by atoms with E-state index in [2.05, 4.69) is 6.92 Å². The Hall–Kier alpha value is -1.93. The second-order valence-electron chi connectivity index (χ2n) is 7.63. The van der Waals surface area contributed by atoms with Crippen molar-refractivity contribution in [3.8, 4) is 0 Å². The highest BCUT2D eigenvalue weighted by Gasteiger charge is 2.27. The molecule has 154 valence electrons. The zero-order valence-corrected chi connectivity index (χ0v) is 17.1. The summed E-state index contributed by atoms with van der Waals surface area (Å²) in [5.74, 6) is -0.289. The van der Waals surface area contributed by atoms with Crippen LogP contribution in [0.1, 0.15) is 49.4 Å². The van der Waals surface area contributed by atoms with Gasteiger partial charge in [-0.1, -0.05) is 19.4 Å². The molecule has 1 aromatic rings. The second-order valence-corrected chi connectivity index (χ2v) is 9.57. The van der Waals surface area contributed by atoms with Crippen LogP contribution < -0.4 is 0 Å². The van der Waals surface area contributed by atoms with Gasteiger partial charge >= 0.3 is 5.97 Å². The number of nitrogens with zero attached hydrogens (tertiary/aromatic N) is 2. The average molecular weight is 409 g/mol. The minimum absolute atomic E-state index is 0.0835. The largest absolute Gasteiger partial charge is 0.452 e. The number of amides is 1. The van der Waals surface area contributed by atoms with Gasteiger partial charge in [-0.05, 0) is 49.8 Å². The molecule has 0 radical (unpaired) electrons. The normalized spacial score (nSPS) is 19.4. The van der Waals surface area contributed by atoms with E-state index in [4.69, 9.17) is 4.74 Å². The molecule has 2 fully saturated rings. The van der Waals surface area contributed by atoms with Gasteiger partial charge in [-0.3, -0.25) is 4.79 Å². The van der Waals surface area contributed by atoms with Crippen LogP contribution in [0.25, 0.3) is 0 Å². The molecule has 1 aromatic carbocycles. The molecule has 1 amide bonds. The van der Waals surface area contributed by atoms with E-state index in [0.29, 0.717) is 32.1 Å². The maximum absolute atomic E-state index is 12.8. The zero-order valence-electron chi connectivity index (χ0n) is 16.3. The molecule has 0 N–H and O–H groups in total. The monoisotopic (exact) mass is 408 g/mol. The lowest BCUT2D eigenvalue weighted by atomic mass is 9.99. The van der Waals surface area contributed by atoms with E-state index < -0.39 is 16.0 Å². The van der Waals surface area contributed by atoms with Gasteiger partial charge in [0.05, 0.1) is 10.5 Å². The summed E-state index contributed by atoms with van der Waals surface area (Å²) in [6.07, 6.45) is 4.63. The summed E-state index contributed by atoms with van der Waals surface area (Å²) in [5.41, 5.74) is 0.137. The number of benzene rings is 1. The molecule has 28 heavy (non-hydrogen) atoms. The standard InChI is InChI=1S/C20H28N2O5S/c1-16-8-12-21(13-9-16)19(23)15-27-20(24)17-6-5-7-18(14-17)28(25,26)22-10-3-2-4-11-22/h5-7,14,16H,2-4,8-13,15H2,1H3. The van der Waals surface area contributed by atoms with Crippen molar-refractivity contribution in [1.29, 1.82) is 0 Å². The number of sulfonamides is 1. The molecule has 7 nitrogen and oxygen atoms in total. The van der Waals surface area contributed by atoms with Crippen molar-refractivity contribution in [2.45, 2.75) is 43.9 Å². The molecule has 0 aromatic heterocycles. The average Bonchev–Trinajstić information content (AvgIpc) is 2.73. The van der Waals surface area contributed by atoms with E-state index in [9.17, 15) is 18.0 Å². The summed E-state index contributed by atoms with van der Waals surface area (Å²) < 4.78 is 32.2. The number of ether oxygens (including phenoxy) is 1. The minimum atomic E-state index is -3.62. The van der Waals surface area contributed by atoms with Crippen LogP contribution in [-0.2, 0) is 19.6 Å². The lowest BCUT2D eigenvalue weighted by molar-refractivity contribution is -0.135. The number of carbonyl (C=O) groups is 2. The van der Waals surface area contributed by atoms with Gasteiger partial charge in [-0.15, -0.1) is 0 Å². The van der Waals surface area contributed by atoms with E-state index in [1.807, 2.05) is 0 Å². The fourth-order valence-corrected chi connectivity index (χ4v) is 5.16. The van der Waals surface area contributed by atoms with E-state index in [1.165, 1.54) is 28.6 Å². The number of piperidine rings is 2. The predicted octanol–water partition coefficient (Wildman–Crippen LogP) is 2.28. The third kappa shape index (κ3) is 4.91. The first-order valence-corrected chi connectivity index (χ1v) is 11.4. The molecule has 0 bridgehead atoms. The Kier molecular flexibility index (Phi) is 6.72. The summed E-state index contributed by atoms with van der Waals surface area (Å²) in [5, 5.41) is 0. The molecular formula is C20H28N2O5S. The van der Waals surface area contributed by atoms with Crippen LogP contribution in [0.5, 0.6) is 0 Å².